The lowest BCUT2D eigenvalue weighted by molar-refractivity contribution is -0.392. The summed E-state index contributed by atoms with van der Waals surface area (Å²) < 4.78 is 50.5. The number of alkyl carbamates (subject to hydrolysis) is 1. The van der Waals surface area contributed by atoms with E-state index < -0.39 is 119 Å². The van der Waals surface area contributed by atoms with Crippen LogP contribution in [0.5, 0.6) is 0 Å². The lowest BCUT2D eigenvalue weighted by Crippen LogP contribution is -2.80. The molecule has 4 fully saturated rings. The molecule has 0 aromatic heterocycles. The quantitative estimate of drug-likeness (QED) is 0.145. The predicted octanol–water partition coefficient (Wildman–Crippen LogP) is 4.87. The lowest BCUT2D eigenvalue weighted by atomic mass is 9.49. The van der Waals surface area contributed by atoms with Gasteiger partial charge in [0.25, 0.3) is 0 Å². The van der Waals surface area contributed by atoms with E-state index in [-0.39, 0.29) is 42.9 Å². The van der Waals surface area contributed by atoms with E-state index in [1.807, 2.05) is 20.8 Å². The van der Waals surface area contributed by atoms with E-state index in [0.717, 1.165) is 0 Å². The number of aliphatic hydroxyl groups excluding tert-OH is 1. The van der Waals surface area contributed by atoms with Crippen molar-refractivity contribution in [2.45, 2.75) is 167 Å². The minimum Gasteiger partial charge on any atom is -0.457 e. The van der Waals surface area contributed by atoms with Crippen LogP contribution in [0.3, 0.4) is 0 Å². The van der Waals surface area contributed by atoms with Crippen molar-refractivity contribution in [2.75, 3.05) is 6.61 Å². The average molecular weight is 870 g/mol. The molecule has 4 unspecified atom stereocenters. The second-order valence-corrected chi connectivity index (χ2v) is 19.5. The van der Waals surface area contributed by atoms with Gasteiger partial charge in [0.05, 0.1) is 41.3 Å². The molecule has 13 atom stereocenters. The van der Waals surface area contributed by atoms with Crippen LogP contribution in [0.15, 0.2) is 54.1 Å². The van der Waals surface area contributed by atoms with Gasteiger partial charge in [-0.2, -0.15) is 0 Å². The molecule has 16 nitrogen and oxygen atoms in total. The van der Waals surface area contributed by atoms with Crippen LogP contribution in [0.4, 0.5) is 4.79 Å². The third-order valence-electron chi connectivity index (χ3n) is 13.3. The monoisotopic (exact) mass is 869 g/mol. The maximum Gasteiger partial charge on any atom is 0.407 e. The molecular formula is C46H63NO15. The molecule has 1 aromatic carbocycles. The Bertz CT molecular complexity index is 1950. The number of carbonyl (C=O) groups excluding carboxylic acids is 5. The number of nitrogens with one attached hydrogen (secondary N) is 1. The van der Waals surface area contributed by atoms with Gasteiger partial charge in [-0.1, -0.05) is 45.5 Å². The average Bonchev–Trinajstić information content (AvgIpc) is 3.41. The number of esters is 4. The highest BCUT2D eigenvalue weighted by Gasteiger charge is 2.81. The molecule has 1 aromatic rings. The molecule has 2 heterocycles. The van der Waals surface area contributed by atoms with Crippen LogP contribution in [-0.4, -0.2) is 119 Å². The lowest BCUT2D eigenvalue weighted by Gasteiger charge is -2.67. The summed E-state index contributed by atoms with van der Waals surface area (Å²) in [6.45, 7) is 21.6. The van der Waals surface area contributed by atoms with Crippen LogP contribution in [0.2, 0.25) is 0 Å². The van der Waals surface area contributed by atoms with Gasteiger partial charge in [0.2, 0.25) is 0 Å². The van der Waals surface area contributed by atoms with Crippen molar-refractivity contribution < 1.29 is 72.1 Å². The zero-order chi connectivity index (χ0) is 45.9. The third-order valence-corrected chi connectivity index (χ3v) is 13.3. The molecule has 0 radical (unpaired) electrons. The number of hydrogen-bond donors (Lipinski definition) is 3. The van der Waals surface area contributed by atoms with Crippen molar-refractivity contribution in [3.8, 4) is 0 Å². The van der Waals surface area contributed by atoms with Crippen LogP contribution in [0.1, 0.15) is 106 Å². The topological polar surface area (TPSA) is 212 Å². The van der Waals surface area contributed by atoms with Crippen molar-refractivity contribution in [2.24, 2.45) is 22.7 Å². The van der Waals surface area contributed by atoms with E-state index in [0.29, 0.717) is 5.57 Å². The molecule has 0 spiro atoms. The Morgan fingerprint density at radius 2 is 1.65 bits per heavy atom. The Labute approximate surface area is 362 Å². The number of amides is 1. The fraction of sp³-hybridized carbons (Fsp3) is 0.674. The molecule has 16 heteroatoms. The highest BCUT2D eigenvalue weighted by molar-refractivity contribution is 5.89. The maximum absolute atomic E-state index is 14.6. The summed E-state index contributed by atoms with van der Waals surface area (Å²) >= 11 is 0. The molecule has 2 aliphatic heterocycles. The Hall–Kier alpha value is -4.35. The van der Waals surface area contributed by atoms with Gasteiger partial charge >= 0.3 is 30.0 Å². The summed E-state index contributed by atoms with van der Waals surface area (Å²) in [5, 5.41) is 27.1. The van der Waals surface area contributed by atoms with Crippen LogP contribution < -0.4 is 5.32 Å². The molecule has 1 amide bonds. The summed E-state index contributed by atoms with van der Waals surface area (Å²) in [5.41, 5.74) is -6.62. The minimum absolute atomic E-state index is 0.0845. The molecule has 342 valence electrons. The number of rotatable bonds is 12. The van der Waals surface area contributed by atoms with Crippen LogP contribution in [0.25, 0.3) is 0 Å². The molecule has 5 aliphatic rings. The molecule has 3 aliphatic carbocycles. The number of hydrogen-bond acceptors (Lipinski definition) is 15. The zero-order valence-electron chi connectivity index (χ0n) is 37.6. The fourth-order valence-corrected chi connectivity index (χ4v) is 10.8. The maximum atomic E-state index is 14.6. The first kappa shape index (κ1) is 47.1. The number of ether oxygens (including phenoxy) is 8. The van der Waals surface area contributed by atoms with E-state index in [4.69, 9.17) is 37.9 Å². The van der Waals surface area contributed by atoms with Gasteiger partial charge in [-0.3, -0.25) is 9.59 Å². The van der Waals surface area contributed by atoms with E-state index in [9.17, 15) is 34.2 Å². The second-order valence-electron chi connectivity index (χ2n) is 19.5. The van der Waals surface area contributed by atoms with Gasteiger partial charge in [-0.25, -0.2) is 14.4 Å². The zero-order valence-corrected chi connectivity index (χ0v) is 37.6. The number of carbonyl (C=O) groups is 5. The normalized spacial score (nSPS) is 34.7. The number of fused-ring (bicyclic) bond motifs is 3. The first-order valence-electron chi connectivity index (χ1n) is 21.3. The van der Waals surface area contributed by atoms with Crippen molar-refractivity contribution in [3.63, 3.8) is 0 Å². The molecule has 2 saturated carbocycles. The summed E-state index contributed by atoms with van der Waals surface area (Å²) in [5.74, 6) is -4.40. The molecular weight excluding hydrogens is 806 g/mol. The SMILES string of the molecule is C=CC1OC2C[C@H]3OC[C@@]3(OC(C)=O)C3C(OC(=O)c4ccccc4)[C@]4(C(C)(C)O)C[C@H](OC(=O)[C@H](O)[C@H](CC(C)C)NC(=O)OC(C)(C)C)C(C)=C4[C@H](OC(C)=O)[C@H](O1)[C@]23C. The Kier molecular flexibility index (Phi) is 12.9. The summed E-state index contributed by atoms with van der Waals surface area (Å²) in [4.78, 5) is 68.3. The van der Waals surface area contributed by atoms with Gasteiger partial charge in [0.1, 0.15) is 30.0 Å². The van der Waals surface area contributed by atoms with Crippen molar-refractivity contribution >= 4 is 30.0 Å². The highest BCUT2D eigenvalue weighted by atomic mass is 16.7. The number of aliphatic hydroxyl groups is 2. The fourth-order valence-electron chi connectivity index (χ4n) is 10.8. The number of benzene rings is 1. The smallest absolute Gasteiger partial charge is 0.407 e. The molecule has 6 rings (SSSR count). The van der Waals surface area contributed by atoms with E-state index >= 15 is 0 Å². The third kappa shape index (κ3) is 8.28. The van der Waals surface area contributed by atoms with Gasteiger partial charge in [0, 0.05) is 32.1 Å². The first-order chi connectivity index (χ1) is 28.8. The van der Waals surface area contributed by atoms with Gasteiger partial charge in [0.15, 0.2) is 24.1 Å². The summed E-state index contributed by atoms with van der Waals surface area (Å²) in [7, 11) is 0. The van der Waals surface area contributed by atoms with Crippen LogP contribution in [0, 0.1) is 22.7 Å². The van der Waals surface area contributed by atoms with Gasteiger partial charge in [-0.05, 0) is 83.2 Å². The molecule has 3 N–H and O–H groups in total. The van der Waals surface area contributed by atoms with Gasteiger partial charge in [-0.15, -0.1) is 0 Å². The largest absolute Gasteiger partial charge is 0.457 e. The first-order valence-corrected chi connectivity index (χ1v) is 21.3. The Morgan fingerprint density at radius 1 is 0.984 bits per heavy atom. The Morgan fingerprint density at radius 3 is 2.18 bits per heavy atom. The molecule has 2 saturated heterocycles. The van der Waals surface area contributed by atoms with Crippen LogP contribution in [-0.2, 0) is 52.3 Å². The second kappa shape index (κ2) is 17.0. The van der Waals surface area contributed by atoms with Crippen LogP contribution >= 0.6 is 0 Å². The summed E-state index contributed by atoms with van der Waals surface area (Å²) in [6, 6.07) is 7.11. The highest BCUT2D eigenvalue weighted by Crippen LogP contribution is 2.70. The van der Waals surface area contributed by atoms with E-state index in [1.165, 1.54) is 33.8 Å². The van der Waals surface area contributed by atoms with E-state index in [2.05, 4.69) is 11.9 Å². The van der Waals surface area contributed by atoms with Crippen molar-refractivity contribution in [3.05, 3.63) is 59.7 Å². The minimum atomic E-state index is -1.91. The Balaban J connectivity index is 1.58. The summed E-state index contributed by atoms with van der Waals surface area (Å²) in [6.07, 6.45) is -8.88. The van der Waals surface area contributed by atoms with E-state index in [1.54, 1.807) is 58.0 Å². The molecule has 62 heavy (non-hydrogen) atoms. The standard InChI is InChI=1S/C46H63NO15/c1-13-32-58-30-20-31-46(22-55-31,61-26(6)49)36-38(60-39(51)27-17-15-14-16-18-27)45(43(10,11)54)21-29(24(4)33(45)35(56-25(5)48)37(59-32)44(30,36)12)57-40(52)34(50)28(19-23(2)3)47-41(53)62-42(7,8)9/h13-18,23,28-32,34-38,50,54H,1,19-22H2,2-12H3,(H,47,53)/t28-,29-,30?,31+,32?,34+,35-,36?,37-,38?,44+,45-,46-/m0/s1. The molecule has 0 bridgehead atoms. The van der Waals surface area contributed by atoms with Gasteiger partial charge < -0.3 is 53.4 Å². The predicted molar refractivity (Wildman–Crippen MR) is 220 cm³/mol. The van der Waals surface area contributed by atoms with Crippen molar-refractivity contribution in [1.29, 1.82) is 0 Å². The van der Waals surface area contributed by atoms with Crippen molar-refractivity contribution in [1.82, 2.24) is 5.32 Å².